The van der Waals surface area contributed by atoms with Crippen molar-refractivity contribution in [1.29, 1.82) is 0 Å². The van der Waals surface area contributed by atoms with Crippen LogP contribution in [0, 0.1) is 5.92 Å². The van der Waals surface area contributed by atoms with E-state index in [-0.39, 0.29) is 5.91 Å². The summed E-state index contributed by atoms with van der Waals surface area (Å²) in [6.45, 7) is 4.99. The summed E-state index contributed by atoms with van der Waals surface area (Å²) < 4.78 is 10.8. The fraction of sp³-hybridized carbons (Fsp3) is 0.318. The largest absolute Gasteiger partial charge is 0.489 e. The van der Waals surface area contributed by atoms with Crippen molar-refractivity contribution >= 4 is 40.5 Å². The number of halogens is 2. The molecule has 0 saturated heterocycles. The Morgan fingerprint density at radius 2 is 1.90 bits per heavy atom. The van der Waals surface area contributed by atoms with Gasteiger partial charge in [-0.15, -0.1) is 0 Å². The van der Waals surface area contributed by atoms with Gasteiger partial charge in [0.2, 0.25) is 0 Å². The molecule has 7 heteroatoms. The molecule has 0 atom stereocenters. The third-order valence-corrected chi connectivity index (χ3v) is 5.25. The van der Waals surface area contributed by atoms with E-state index in [0.29, 0.717) is 51.9 Å². The third kappa shape index (κ3) is 6.39. The molecule has 0 radical (unpaired) electrons. The Morgan fingerprint density at radius 1 is 1.10 bits per heavy atom. The molecule has 0 bridgehead atoms. The summed E-state index contributed by atoms with van der Waals surface area (Å²) in [6, 6.07) is 10.2. The number of benzene rings is 2. The Kier molecular flexibility index (Phi) is 7.42. The molecule has 0 aromatic heterocycles. The average Bonchev–Trinajstić information content (AvgIpc) is 3.49. The minimum absolute atomic E-state index is 0.261. The first-order chi connectivity index (χ1) is 14.0. The topological polar surface area (TPSA) is 59.6 Å². The summed E-state index contributed by atoms with van der Waals surface area (Å²) in [6.07, 6.45) is 3.39. The molecule has 0 heterocycles. The molecule has 1 aliphatic rings. The standard InChI is InChI=1S/C22H24Cl2N2O3/c1-14(11-15-3-4-15)25-20-12-16(5-8-21(20)29-10-9-28-2)22(27)26-17-6-7-18(23)19(24)13-17/h5-8,12-13,15,25H,1,3-4,9-11H2,2H3,(H,26,27). The highest BCUT2D eigenvalue weighted by atomic mass is 35.5. The summed E-state index contributed by atoms with van der Waals surface area (Å²) in [5.41, 5.74) is 2.66. The number of amides is 1. The molecule has 0 aliphatic heterocycles. The van der Waals surface area contributed by atoms with Gasteiger partial charge in [-0.05, 0) is 61.6 Å². The lowest BCUT2D eigenvalue weighted by Gasteiger charge is -2.16. The van der Waals surface area contributed by atoms with Gasteiger partial charge in [-0.25, -0.2) is 0 Å². The zero-order chi connectivity index (χ0) is 20.8. The van der Waals surface area contributed by atoms with Crippen molar-refractivity contribution in [2.75, 3.05) is 31.0 Å². The van der Waals surface area contributed by atoms with E-state index in [0.717, 1.165) is 12.1 Å². The van der Waals surface area contributed by atoms with Crippen molar-refractivity contribution < 1.29 is 14.3 Å². The number of allylic oxidation sites excluding steroid dienone is 1. The first kappa shape index (κ1) is 21.5. The first-order valence-electron chi connectivity index (χ1n) is 9.43. The zero-order valence-corrected chi connectivity index (χ0v) is 17.8. The predicted octanol–water partition coefficient (Wildman–Crippen LogP) is 6.00. The van der Waals surface area contributed by atoms with Gasteiger partial charge in [-0.1, -0.05) is 29.8 Å². The molecule has 1 amide bonds. The van der Waals surface area contributed by atoms with Gasteiger partial charge < -0.3 is 20.1 Å². The summed E-state index contributed by atoms with van der Waals surface area (Å²) in [5.74, 6) is 1.08. The second-order valence-corrected chi connectivity index (χ2v) is 7.83. The highest BCUT2D eigenvalue weighted by Crippen LogP contribution is 2.36. The Morgan fingerprint density at radius 3 is 2.59 bits per heavy atom. The second kappa shape index (κ2) is 10.0. The van der Waals surface area contributed by atoms with E-state index < -0.39 is 0 Å². The van der Waals surface area contributed by atoms with Crippen LogP contribution in [0.4, 0.5) is 11.4 Å². The van der Waals surface area contributed by atoms with Crippen LogP contribution in [0.15, 0.2) is 48.7 Å². The monoisotopic (exact) mass is 434 g/mol. The van der Waals surface area contributed by atoms with Crippen LogP contribution in [0.2, 0.25) is 10.0 Å². The molecule has 2 aromatic carbocycles. The molecular weight excluding hydrogens is 411 g/mol. The molecular formula is C22H24Cl2N2O3. The average molecular weight is 435 g/mol. The molecule has 5 nitrogen and oxygen atoms in total. The van der Waals surface area contributed by atoms with Crippen molar-refractivity contribution in [2.45, 2.75) is 19.3 Å². The Bertz CT molecular complexity index is 898. The highest BCUT2D eigenvalue weighted by Gasteiger charge is 2.22. The lowest BCUT2D eigenvalue weighted by atomic mass is 10.1. The maximum atomic E-state index is 12.7. The van der Waals surface area contributed by atoms with E-state index in [1.54, 1.807) is 43.5 Å². The number of ether oxygens (including phenoxy) is 2. The Labute approximate surface area is 181 Å². The van der Waals surface area contributed by atoms with Crippen molar-refractivity contribution in [3.63, 3.8) is 0 Å². The molecule has 2 aromatic rings. The summed E-state index contributed by atoms with van der Waals surface area (Å²) in [5, 5.41) is 6.95. The number of nitrogens with one attached hydrogen (secondary N) is 2. The smallest absolute Gasteiger partial charge is 0.255 e. The van der Waals surface area contributed by atoms with Gasteiger partial charge in [-0.2, -0.15) is 0 Å². The van der Waals surface area contributed by atoms with Crippen LogP contribution in [0.3, 0.4) is 0 Å². The van der Waals surface area contributed by atoms with Crippen LogP contribution in [0.5, 0.6) is 5.75 Å². The molecule has 2 N–H and O–H groups in total. The van der Waals surface area contributed by atoms with Crippen molar-refractivity contribution in [1.82, 2.24) is 0 Å². The molecule has 0 unspecified atom stereocenters. The Balaban J connectivity index is 1.75. The van der Waals surface area contributed by atoms with E-state index in [1.807, 2.05) is 0 Å². The van der Waals surface area contributed by atoms with Crippen molar-refractivity contribution in [2.24, 2.45) is 5.92 Å². The number of rotatable bonds is 10. The number of anilines is 2. The quantitative estimate of drug-likeness (QED) is 0.450. The van der Waals surface area contributed by atoms with Gasteiger partial charge in [0, 0.05) is 24.1 Å². The van der Waals surface area contributed by atoms with Gasteiger partial charge >= 0.3 is 0 Å². The molecule has 1 fully saturated rings. The number of methoxy groups -OCH3 is 1. The fourth-order valence-corrected chi connectivity index (χ4v) is 3.12. The van der Waals surface area contributed by atoms with Gasteiger partial charge in [0.25, 0.3) is 5.91 Å². The first-order valence-corrected chi connectivity index (χ1v) is 10.2. The molecule has 0 spiro atoms. The van der Waals surface area contributed by atoms with Gasteiger partial charge in [0.1, 0.15) is 12.4 Å². The van der Waals surface area contributed by atoms with Gasteiger partial charge in [0.15, 0.2) is 0 Å². The van der Waals surface area contributed by atoms with Crippen molar-refractivity contribution in [3.05, 3.63) is 64.3 Å². The molecule has 1 aliphatic carbocycles. The van der Waals surface area contributed by atoms with Crippen LogP contribution >= 0.6 is 23.2 Å². The summed E-state index contributed by atoms with van der Waals surface area (Å²) in [4.78, 5) is 12.7. The molecule has 1 saturated carbocycles. The number of hydrogen-bond acceptors (Lipinski definition) is 4. The number of hydrogen-bond donors (Lipinski definition) is 2. The van der Waals surface area contributed by atoms with Crippen LogP contribution < -0.4 is 15.4 Å². The molecule has 3 rings (SSSR count). The zero-order valence-electron chi connectivity index (χ0n) is 16.3. The predicted molar refractivity (Wildman–Crippen MR) is 118 cm³/mol. The van der Waals surface area contributed by atoms with Crippen LogP contribution in [-0.2, 0) is 4.74 Å². The lowest BCUT2D eigenvalue weighted by Crippen LogP contribution is -2.13. The lowest BCUT2D eigenvalue weighted by molar-refractivity contribution is 0.102. The summed E-state index contributed by atoms with van der Waals surface area (Å²) >= 11 is 12.0. The normalized spacial score (nSPS) is 13.1. The minimum Gasteiger partial charge on any atom is -0.489 e. The van der Waals surface area contributed by atoms with Gasteiger partial charge in [0.05, 0.1) is 22.3 Å². The van der Waals surface area contributed by atoms with Crippen molar-refractivity contribution in [3.8, 4) is 5.75 Å². The second-order valence-electron chi connectivity index (χ2n) is 7.01. The highest BCUT2D eigenvalue weighted by molar-refractivity contribution is 6.42. The minimum atomic E-state index is -0.261. The molecule has 154 valence electrons. The van der Waals surface area contributed by atoms with E-state index in [1.165, 1.54) is 12.8 Å². The van der Waals surface area contributed by atoms with E-state index in [9.17, 15) is 4.79 Å². The number of carbonyl (C=O) groups excluding carboxylic acids is 1. The van der Waals surface area contributed by atoms with Crippen LogP contribution in [0.1, 0.15) is 29.6 Å². The Hall–Kier alpha value is -2.21. The third-order valence-electron chi connectivity index (χ3n) is 4.51. The van der Waals surface area contributed by atoms with E-state index in [4.69, 9.17) is 32.7 Å². The number of carbonyl (C=O) groups is 1. The fourth-order valence-electron chi connectivity index (χ4n) is 2.82. The van der Waals surface area contributed by atoms with E-state index in [2.05, 4.69) is 17.2 Å². The van der Waals surface area contributed by atoms with Crippen LogP contribution in [0.25, 0.3) is 0 Å². The summed E-state index contributed by atoms with van der Waals surface area (Å²) in [7, 11) is 1.62. The van der Waals surface area contributed by atoms with Crippen LogP contribution in [-0.4, -0.2) is 26.2 Å². The maximum absolute atomic E-state index is 12.7. The van der Waals surface area contributed by atoms with E-state index >= 15 is 0 Å². The SMILES string of the molecule is C=C(CC1CC1)Nc1cc(C(=O)Nc2ccc(Cl)c(Cl)c2)ccc1OCCOC. The van der Waals surface area contributed by atoms with Gasteiger partial charge in [-0.3, -0.25) is 4.79 Å². The molecule has 29 heavy (non-hydrogen) atoms. The maximum Gasteiger partial charge on any atom is 0.255 e.